The molecule has 0 aliphatic carbocycles. The van der Waals surface area contributed by atoms with Gasteiger partial charge in [0.15, 0.2) is 5.82 Å². The van der Waals surface area contributed by atoms with Crippen molar-refractivity contribution in [3.8, 4) is 34.0 Å². The van der Waals surface area contributed by atoms with E-state index in [1.54, 1.807) is 16.2 Å². The average molecular weight is 574 g/mol. The molecule has 0 spiro atoms. The number of nitrogens with one attached hydrogen (secondary N) is 1. The zero-order chi connectivity index (χ0) is 27.6. The molecule has 3 aromatic heterocycles. The second-order valence-electron chi connectivity index (χ2n) is 9.35. The molecule has 3 aromatic carbocycles. The molecule has 11 heteroatoms. The first-order valence-electron chi connectivity index (χ1n) is 12.9. The fourth-order valence-electron chi connectivity index (χ4n) is 4.98. The van der Waals surface area contributed by atoms with Crippen molar-refractivity contribution in [1.82, 2.24) is 29.3 Å². The summed E-state index contributed by atoms with van der Waals surface area (Å²) in [4.78, 5) is 32.6. The summed E-state index contributed by atoms with van der Waals surface area (Å²) >= 11 is 0. The van der Waals surface area contributed by atoms with Crippen LogP contribution >= 0.6 is 0 Å². The molecule has 0 saturated carbocycles. The van der Waals surface area contributed by atoms with Crippen molar-refractivity contribution in [1.29, 1.82) is 0 Å². The molecule has 201 valence electrons. The van der Waals surface area contributed by atoms with Gasteiger partial charge in [-0.05, 0) is 47.4 Å². The van der Waals surface area contributed by atoms with Crippen molar-refractivity contribution < 1.29 is 9.26 Å². The van der Waals surface area contributed by atoms with Crippen LogP contribution in [0.4, 0.5) is 0 Å². The van der Waals surface area contributed by atoms with Gasteiger partial charge in [-0.25, -0.2) is 13.9 Å². The Morgan fingerprint density at radius 3 is 2.34 bits per heavy atom. The standard InChI is InChI=1S/C30H26N6O4.K/c1-3-6-26-25(28(37)35(29-31-18-32-36(26)29)21-13-15-22(39-2)16-14-21)17-19-9-11-20(12-10-19)23-7-4-5-8-24(23)27-33-30(38)40-34-27;/h4-5,7-16,18H,3,6,17H2,1-2H3,(H,33,34,38);. The number of hydrogen-bond donors (Lipinski definition) is 1. The van der Waals surface area contributed by atoms with E-state index in [0.29, 0.717) is 41.4 Å². The van der Waals surface area contributed by atoms with Crippen LogP contribution in [0, 0.1) is 0 Å². The first-order valence-corrected chi connectivity index (χ1v) is 12.9. The molecule has 0 amide bonds. The minimum Gasteiger partial charge on any atom is -0.497 e. The third-order valence-electron chi connectivity index (χ3n) is 6.88. The number of rotatable bonds is 8. The first kappa shape index (κ1) is 28.9. The fraction of sp³-hybridized carbons (Fsp3) is 0.167. The normalized spacial score (nSPS) is 11.0. The Balaban J connectivity index is 0.00000337. The van der Waals surface area contributed by atoms with Crippen LogP contribution in [-0.4, -0.2) is 87.8 Å². The van der Waals surface area contributed by atoms with Gasteiger partial charge in [-0.3, -0.25) is 14.3 Å². The zero-order valence-corrected chi connectivity index (χ0v) is 26.1. The summed E-state index contributed by atoms with van der Waals surface area (Å²) < 4.78 is 13.4. The molecule has 1 N–H and O–H groups in total. The van der Waals surface area contributed by atoms with Crippen molar-refractivity contribution >= 4 is 57.2 Å². The molecule has 0 bridgehead atoms. The van der Waals surface area contributed by atoms with Gasteiger partial charge in [0.1, 0.15) is 12.1 Å². The van der Waals surface area contributed by atoms with Crippen LogP contribution in [0.25, 0.3) is 34.0 Å². The SMILES string of the molecule is CCCc1c(Cc2ccc(-c3ccccc3-c3noc(=O)[nH]3)cc2)c(=O)n(-c2ccc(OC)cc2)c2ncnn12.[K]. The first-order chi connectivity index (χ1) is 19.6. The Kier molecular flexibility index (Phi) is 8.81. The van der Waals surface area contributed by atoms with Gasteiger partial charge in [0.2, 0.25) is 5.78 Å². The predicted octanol–water partition coefficient (Wildman–Crippen LogP) is 4.06. The number of ether oxygens (including phenoxy) is 1. The minimum absolute atomic E-state index is 0. The smallest absolute Gasteiger partial charge is 0.439 e. The third-order valence-corrected chi connectivity index (χ3v) is 6.88. The fourth-order valence-corrected chi connectivity index (χ4v) is 4.98. The van der Waals surface area contributed by atoms with E-state index in [1.165, 1.54) is 6.33 Å². The molecule has 0 saturated heterocycles. The quantitative estimate of drug-likeness (QED) is 0.273. The summed E-state index contributed by atoms with van der Waals surface area (Å²) in [5.74, 6) is 0.940. The number of fused-ring (bicyclic) bond motifs is 1. The van der Waals surface area contributed by atoms with E-state index in [2.05, 4.69) is 27.1 Å². The molecule has 0 unspecified atom stereocenters. The maximum atomic E-state index is 14.0. The molecule has 3 heterocycles. The maximum Gasteiger partial charge on any atom is 0.439 e. The summed E-state index contributed by atoms with van der Waals surface area (Å²) in [7, 11) is 1.61. The maximum absolute atomic E-state index is 14.0. The average Bonchev–Trinajstić information content (AvgIpc) is 3.65. The number of hydrogen-bond acceptors (Lipinski definition) is 7. The van der Waals surface area contributed by atoms with Crippen molar-refractivity contribution in [2.24, 2.45) is 0 Å². The van der Waals surface area contributed by atoms with Gasteiger partial charge in [0.05, 0.1) is 18.5 Å². The molecule has 0 aliphatic rings. The van der Waals surface area contributed by atoms with E-state index in [1.807, 2.05) is 72.8 Å². The number of nitrogens with zero attached hydrogens (tertiary/aromatic N) is 5. The Morgan fingerprint density at radius 1 is 0.951 bits per heavy atom. The second kappa shape index (κ2) is 12.5. The molecule has 41 heavy (non-hydrogen) atoms. The van der Waals surface area contributed by atoms with E-state index >= 15 is 0 Å². The van der Waals surface area contributed by atoms with Gasteiger partial charge in [-0.2, -0.15) is 10.1 Å². The van der Waals surface area contributed by atoms with Crippen LogP contribution in [0.5, 0.6) is 5.75 Å². The molecule has 6 rings (SSSR count). The molecular formula is C30H26KN6O4. The van der Waals surface area contributed by atoms with Gasteiger partial charge >= 0.3 is 5.76 Å². The van der Waals surface area contributed by atoms with E-state index in [-0.39, 0.29) is 56.9 Å². The van der Waals surface area contributed by atoms with Crippen LogP contribution in [0.1, 0.15) is 30.2 Å². The molecule has 6 aromatic rings. The van der Waals surface area contributed by atoms with Crippen LogP contribution < -0.4 is 16.1 Å². The Labute approximate surface area is 277 Å². The zero-order valence-electron chi connectivity index (χ0n) is 23.0. The van der Waals surface area contributed by atoms with Crippen LogP contribution in [0.3, 0.4) is 0 Å². The van der Waals surface area contributed by atoms with Crippen molar-refractivity contribution in [3.63, 3.8) is 0 Å². The summed E-state index contributed by atoms with van der Waals surface area (Å²) in [5, 5.41) is 8.32. The van der Waals surface area contributed by atoms with Gasteiger partial charge < -0.3 is 4.74 Å². The van der Waals surface area contributed by atoms with Crippen LogP contribution in [-0.2, 0) is 12.8 Å². The van der Waals surface area contributed by atoms with Crippen molar-refractivity contribution in [2.75, 3.05) is 7.11 Å². The topological polar surface area (TPSA) is 120 Å². The van der Waals surface area contributed by atoms with Gasteiger partial charge in [0.25, 0.3) is 5.56 Å². The van der Waals surface area contributed by atoms with Gasteiger partial charge in [-0.1, -0.05) is 67.0 Å². The largest absolute Gasteiger partial charge is 0.497 e. The second-order valence-corrected chi connectivity index (χ2v) is 9.35. The van der Waals surface area contributed by atoms with Crippen LogP contribution in [0.15, 0.2) is 93.2 Å². The number of benzene rings is 3. The number of aryl methyl sites for hydroxylation is 1. The van der Waals surface area contributed by atoms with Gasteiger partial charge in [0, 0.05) is 68.9 Å². The van der Waals surface area contributed by atoms with E-state index in [9.17, 15) is 9.59 Å². The minimum atomic E-state index is -0.604. The van der Waals surface area contributed by atoms with Crippen LogP contribution in [0.2, 0.25) is 0 Å². The molecule has 1 radical (unpaired) electrons. The molecular weight excluding hydrogens is 547 g/mol. The van der Waals surface area contributed by atoms with E-state index in [0.717, 1.165) is 34.4 Å². The van der Waals surface area contributed by atoms with E-state index in [4.69, 9.17) is 9.26 Å². The van der Waals surface area contributed by atoms with Gasteiger partial charge in [-0.15, -0.1) is 0 Å². The van der Waals surface area contributed by atoms with Crippen molar-refractivity contribution in [3.05, 3.63) is 117 Å². The van der Waals surface area contributed by atoms with E-state index < -0.39 is 5.76 Å². The monoisotopic (exact) mass is 573 g/mol. The number of aromatic nitrogens is 6. The predicted molar refractivity (Wildman–Crippen MR) is 156 cm³/mol. The number of methoxy groups -OCH3 is 1. The summed E-state index contributed by atoms with van der Waals surface area (Å²) in [5.41, 5.74) is 5.66. The summed E-state index contributed by atoms with van der Waals surface area (Å²) in [6.45, 7) is 2.08. The Bertz CT molecular complexity index is 1920. The third kappa shape index (κ3) is 5.63. The molecule has 0 atom stereocenters. The van der Waals surface area contributed by atoms with Crippen molar-refractivity contribution in [2.45, 2.75) is 26.2 Å². The molecule has 10 nitrogen and oxygen atoms in total. The Morgan fingerprint density at radius 2 is 1.68 bits per heavy atom. The molecule has 0 fully saturated rings. The summed E-state index contributed by atoms with van der Waals surface area (Å²) in [6.07, 6.45) is 3.45. The summed E-state index contributed by atoms with van der Waals surface area (Å²) in [6, 6.07) is 23.0. The number of H-pyrrole nitrogens is 1. The number of aromatic amines is 1. The Hall–Kier alpha value is -3.61. The molecule has 0 aliphatic heterocycles.